The maximum atomic E-state index is 12.3. The van der Waals surface area contributed by atoms with Crippen LogP contribution in [0.2, 0.25) is 0 Å². The van der Waals surface area contributed by atoms with Gasteiger partial charge in [0.25, 0.3) is 9.84 Å². The van der Waals surface area contributed by atoms with Crippen molar-refractivity contribution in [2.45, 2.75) is 23.2 Å². The van der Waals surface area contributed by atoms with Gasteiger partial charge in [0.15, 0.2) is 0 Å². The lowest BCUT2D eigenvalue weighted by Crippen LogP contribution is -2.23. The predicted molar refractivity (Wildman–Crippen MR) is 66.2 cm³/mol. The minimum Gasteiger partial charge on any atom is -0.385 e. The van der Waals surface area contributed by atoms with Gasteiger partial charge in [-0.15, -0.1) is 12.3 Å². The first-order chi connectivity index (χ1) is 8.79. The van der Waals surface area contributed by atoms with Crippen molar-refractivity contribution in [3.8, 4) is 12.3 Å². The Morgan fingerprint density at radius 2 is 1.79 bits per heavy atom. The lowest BCUT2D eigenvalue weighted by atomic mass is 10.3. The summed E-state index contributed by atoms with van der Waals surface area (Å²) in [6.07, 6.45) is 6.38. The zero-order valence-corrected chi connectivity index (χ0v) is 10.7. The van der Waals surface area contributed by atoms with Gasteiger partial charge in [0.2, 0.25) is 0 Å². The Hall–Kier alpha value is -1.68. The molecule has 0 aliphatic heterocycles. The summed E-state index contributed by atoms with van der Waals surface area (Å²) in [4.78, 5) is -0.769. The number of sulfone groups is 1. The largest absolute Gasteiger partial charge is 0.501 e. The fraction of sp³-hybridized carbons (Fsp3) is 0.333. The van der Waals surface area contributed by atoms with Crippen LogP contribution in [-0.4, -0.2) is 20.5 Å². The number of halogens is 3. The number of unbranched alkanes of at least 4 members (excludes halogenated alkanes) is 1. The van der Waals surface area contributed by atoms with Gasteiger partial charge in [-0.1, -0.05) is 0 Å². The summed E-state index contributed by atoms with van der Waals surface area (Å²) in [5.74, 6) is 2.46. The van der Waals surface area contributed by atoms with Gasteiger partial charge in [0, 0.05) is 18.7 Å². The van der Waals surface area contributed by atoms with E-state index in [0.29, 0.717) is 18.7 Å². The van der Waals surface area contributed by atoms with Crippen LogP contribution in [0.3, 0.4) is 0 Å². The first kappa shape index (κ1) is 15.4. The highest BCUT2D eigenvalue weighted by atomic mass is 32.2. The van der Waals surface area contributed by atoms with Gasteiger partial charge in [-0.25, -0.2) is 8.42 Å². The van der Waals surface area contributed by atoms with E-state index in [4.69, 9.17) is 6.42 Å². The molecule has 3 nitrogen and oxygen atoms in total. The Morgan fingerprint density at radius 1 is 1.21 bits per heavy atom. The molecule has 0 radical (unpaired) electrons. The van der Waals surface area contributed by atoms with E-state index in [2.05, 4.69) is 11.2 Å². The average molecular weight is 291 g/mol. The average Bonchev–Trinajstić information content (AvgIpc) is 2.34. The van der Waals surface area contributed by atoms with Crippen LogP contribution in [0.1, 0.15) is 12.8 Å². The van der Waals surface area contributed by atoms with Gasteiger partial charge in [-0.05, 0) is 30.7 Å². The highest BCUT2D eigenvalue weighted by molar-refractivity contribution is 7.92. The van der Waals surface area contributed by atoms with Crippen LogP contribution in [-0.2, 0) is 9.84 Å². The summed E-state index contributed by atoms with van der Waals surface area (Å²) >= 11 is 0. The minimum atomic E-state index is -5.28. The van der Waals surface area contributed by atoms with Gasteiger partial charge in [-0.3, -0.25) is 0 Å². The van der Waals surface area contributed by atoms with E-state index in [1.54, 1.807) is 0 Å². The van der Waals surface area contributed by atoms with E-state index < -0.39 is 20.2 Å². The van der Waals surface area contributed by atoms with Gasteiger partial charge < -0.3 is 5.32 Å². The molecule has 0 fully saturated rings. The molecular weight excluding hydrogens is 279 g/mol. The summed E-state index contributed by atoms with van der Waals surface area (Å²) in [6, 6.07) is 4.42. The van der Waals surface area contributed by atoms with Crippen molar-refractivity contribution < 1.29 is 21.6 Å². The van der Waals surface area contributed by atoms with Gasteiger partial charge in [-0.2, -0.15) is 13.2 Å². The number of rotatable bonds is 5. The van der Waals surface area contributed by atoms with E-state index in [1.807, 2.05) is 0 Å². The Morgan fingerprint density at radius 3 is 2.26 bits per heavy atom. The molecule has 0 spiro atoms. The van der Waals surface area contributed by atoms with Crippen molar-refractivity contribution in [3.63, 3.8) is 0 Å². The minimum absolute atomic E-state index is 0.540. The zero-order chi connectivity index (χ0) is 14.5. The number of anilines is 1. The van der Waals surface area contributed by atoms with Crippen molar-refractivity contribution in [2.24, 2.45) is 0 Å². The van der Waals surface area contributed by atoms with Crippen LogP contribution >= 0.6 is 0 Å². The van der Waals surface area contributed by atoms with E-state index in [-0.39, 0.29) is 0 Å². The van der Waals surface area contributed by atoms with Gasteiger partial charge in [0.1, 0.15) is 0 Å². The molecule has 0 aliphatic carbocycles. The third-order valence-corrected chi connectivity index (χ3v) is 3.80. The molecule has 19 heavy (non-hydrogen) atoms. The molecule has 1 N–H and O–H groups in total. The molecule has 1 aromatic carbocycles. The molecule has 0 aliphatic rings. The number of alkyl halides is 3. The molecule has 0 heterocycles. The van der Waals surface area contributed by atoms with E-state index >= 15 is 0 Å². The van der Waals surface area contributed by atoms with Crippen LogP contribution in [0.25, 0.3) is 0 Å². The second-order valence-corrected chi connectivity index (χ2v) is 5.65. The molecule has 0 unspecified atom stereocenters. The SMILES string of the molecule is C#CCCCNc1ccc(S(=O)(=O)C(F)(F)F)cc1. The third-order valence-electron chi connectivity index (χ3n) is 2.30. The topological polar surface area (TPSA) is 46.2 Å². The van der Waals surface area contributed by atoms with Crippen LogP contribution in [0, 0.1) is 12.3 Å². The van der Waals surface area contributed by atoms with Crippen molar-refractivity contribution in [1.82, 2.24) is 0 Å². The number of benzene rings is 1. The summed E-state index contributed by atoms with van der Waals surface area (Å²) in [5.41, 5.74) is -4.74. The number of hydrogen-bond acceptors (Lipinski definition) is 3. The number of nitrogens with one attached hydrogen (secondary N) is 1. The maximum absolute atomic E-state index is 12.3. The number of hydrogen-bond donors (Lipinski definition) is 1. The Balaban J connectivity index is 2.75. The van der Waals surface area contributed by atoms with Crippen LogP contribution in [0.4, 0.5) is 18.9 Å². The van der Waals surface area contributed by atoms with E-state index in [0.717, 1.165) is 18.6 Å². The highest BCUT2D eigenvalue weighted by Gasteiger charge is 2.46. The summed E-state index contributed by atoms with van der Waals surface area (Å²) in [6.45, 7) is 0.565. The zero-order valence-electron chi connectivity index (χ0n) is 9.87. The van der Waals surface area contributed by atoms with Crippen molar-refractivity contribution >= 4 is 15.5 Å². The van der Waals surface area contributed by atoms with E-state index in [9.17, 15) is 21.6 Å². The molecule has 0 amide bonds. The molecule has 7 heteroatoms. The second-order valence-electron chi connectivity index (χ2n) is 3.71. The highest BCUT2D eigenvalue weighted by Crippen LogP contribution is 2.30. The molecular formula is C12H12F3NO2S. The Labute approximate surface area is 109 Å². The lowest BCUT2D eigenvalue weighted by Gasteiger charge is -2.09. The summed E-state index contributed by atoms with van der Waals surface area (Å²) in [7, 11) is -5.28. The number of terminal acetylenes is 1. The molecule has 0 saturated heterocycles. The fourth-order valence-corrected chi connectivity index (χ4v) is 2.07. The Kier molecular flexibility index (Phi) is 4.84. The fourth-order valence-electron chi connectivity index (χ4n) is 1.31. The lowest BCUT2D eigenvalue weighted by molar-refractivity contribution is -0.0436. The normalized spacial score (nSPS) is 11.9. The quantitative estimate of drug-likeness (QED) is 0.670. The summed E-state index contributed by atoms with van der Waals surface area (Å²) < 4.78 is 59.0. The third kappa shape index (κ3) is 3.89. The molecule has 1 aromatic rings. The molecule has 0 bridgehead atoms. The van der Waals surface area contributed by atoms with Gasteiger partial charge >= 0.3 is 5.51 Å². The Bertz CT molecular complexity index is 556. The van der Waals surface area contributed by atoms with Gasteiger partial charge in [0.05, 0.1) is 4.90 Å². The smallest absolute Gasteiger partial charge is 0.385 e. The van der Waals surface area contributed by atoms with Crippen LogP contribution in [0.5, 0.6) is 0 Å². The molecule has 1 rings (SSSR count). The van der Waals surface area contributed by atoms with Crippen LogP contribution < -0.4 is 5.32 Å². The standard InChI is InChI=1S/C12H12F3NO2S/c1-2-3-4-9-16-10-5-7-11(8-6-10)19(17,18)12(13,14)15/h1,5-8,16H,3-4,9H2. The molecule has 104 valence electrons. The van der Waals surface area contributed by atoms with Crippen molar-refractivity contribution in [2.75, 3.05) is 11.9 Å². The van der Waals surface area contributed by atoms with Crippen molar-refractivity contribution in [3.05, 3.63) is 24.3 Å². The first-order valence-electron chi connectivity index (χ1n) is 5.38. The maximum Gasteiger partial charge on any atom is 0.501 e. The summed E-state index contributed by atoms with van der Waals surface area (Å²) in [5, 5.41) is 2.93. The first-order valence-corrected chi connectivity index (χ1v) is 6.86. The van der Waals surface area contributed by atoms with E-state index in [1.165, 1.54) is 12.1 Å². The molecule has 0 aromatic heterocycles. The van der Waals surface area contributed by atoms with Crippen LogP contribution in [0.15, 0.2) is 29.2 Å². The predicted octanol–water partition coefficient (Wildman–Crippen LogP) is 2.81. The second kappa shape index (κ2) is 5.97. The molecule has 0 atom stereocenters. The van der Waals surface area contributed by atoms with Crippen molar-refractivity contribution in [1.29, 1.82) is 0 Å². The monoisotopic (exact) mass is 291 g/mol. The molecule has 0 saturated carbocycles.